The number of anilines is 1. The number of carbonyl (C=O) groups is 1. The van der Waals surface area contributed by atoms with Gasteiger partial charge in [0, 0.05) is 5.56 Å². The average molecular weight is 367 g/mol. The van der Waals surface area contributed by atoms with Crippen LogP contribution in [0.15, 0.2) is 54.6 Å². The van der Waals surface area contributed by atoms with Gasteiger partial charge in [-0.2, -0.15) is 0 Å². The average Bonchev–Trinajstić information content (AvgIpc) is 3.15. The van der Waals surface area contributed by atoms with Gasteiger partial charge in [-0.1, -0.05) is 67.6 Å². The summed E-state index contributed by atoms with van der Waals surface area (Å²) in [5.74, 6) is 0.467. The van der Waals surface area contributed by atoms with Crippen molar-refractivity contribution >= 4 is 22.4 Å². The van der Waals surface area contributed by atoms with Crippen molar-refractivity contribution in [3.8, 4) is 16.3 Å². The molecule has 0 aliphatic rings. The number of nitrogens with one attached hydrogen (secondary N) is 1. The van der Waals surface area contributed by atoms with Crippen LogP contribution in [0.5, 0.6) is 5.75 Å². The van der Waals surface area contributed by atoms with E-state index in [4.69, 9.17) is 4.74 Å². The monoisotopic (exact) mass is 367 g/mol. The fourth-order valence-corrected chi connectivity index (χ4v) is 3.20. The van der Waals surface area contributed by atoms with Crippen molar-refractivity contribution in [1.82, 2.24) is 10.2 Å². The van der Waals surface area contributed by atoms with E-state index in [9.17, 15) is 4.79 Å². The third kappa shape index (κ3) is 4.46. The molecule has 1 N–H and O–H groups in total. The van der Waals surface area contributed by atoms with Crippen LogP contribution in [0.4, 0.5) is 5.13 Å². The maximum absolute atomic E-state index is 12.5. The smallest absolute Gasteiger partial charge is 0.267 e. The van der Waals surface area contributed by atoms with E-state index in [0.29, 0.717) is 17.3 Å². The number of aryl methyl sites for hydroxylation is 1. The molecule has 1 atom stereocenters. The molecule has 0 saturated heterocycles. The number of nitrogens with zero attached hydrogens (tertiary/aromatic N) is 2. The summed E-state index contributed by atoms with van der Waals surface area (Å²) < 4.78 is 5.83. The Morgan fingerprint density at radius 3 is 2.46 bits per heavy atom. The highest BCUT2D eigenvalue weighted by Gasteiger charge is 2.20. The van der Waals surface area contributed by atoms with Gasteiger partial charge < -0.3 is 4.74 Å². The van der Waals surface area contributed by atoms with E-state index in [1.54, 1.807) is 0 Å². The third-order valence-corrected chi connectivity index (χ3v) is 4.84. The molecule has 0 saturated carbocycles. The largest absolute Gasteiger partial charge is 0.481 e. The Morgan fingerprint density at radius 2 is 1.81 bits per heavy atom. The SMILES string of the molecule is CCc1ccc(OC(CC)C(=O)Nc2nnc(-c3ccccc3)s2)cc1. The Labute approximate surface area is 157 Å². The minimum atomic E-state index is -0.577. The minimum absolute atomic E-state index is 0.220. The maximum atomic E-state index is 12.5. The van der Waals surface area contributed by atoms with Gasteiger partial charge in [0.2, 0.25) is 5.13 Å². The van der Waals surface area contributed by atoms with Crippen molar-refractivity contribution in [3.05, 3.63) is 60.2 Å². The fraction of sp³-hybridized carbons (Fsp3) is 0.250. The van der Waals surface area contributed by atoms with Gasteiger partial charge in [0.15, 0.2) is 6.10 Å². The molecule has 0 aliphatic heterocycles. The van der Waals surface area contributed by atoms with Gasteiger partial charge in [0.25, 0.3) is 5.91 Å². The molecule has 0 radical (unpaired) electrons. The first-order valence-corrected chi connectivity index (χ1v) is 9.46. The molecule has 1 amide bonds. The van der Waals surface area contributed by atoms with Crippen LogP contribution in [0.25, 0.3) is 10.6 Å². The van der Waals surface area contributed by atoms with Gasteiger partial charge in [-0.05, 0) is 30.5 Å². The van der Waals surface area contributed by atoms with Crippen LogP contribution < -0.4 is 10.1 Å². The summed E-state index contributed by atoms with van der Waals surface area (Å²) in [5.41, 5.74) is 2.21. The molecule has 0 spiro atoms. The van der Waals surface area contributed by atoms with E-state index >= 15 is 0 Å². The van der Waals surface area contributed by atoms with Crippen molar-refractivity contribution in [3.63, 3.8) is 0 Å². The first-order valence-electron chi connectivity index (χ1n) is 8.65. The van der Waals surface area contributed by atoms with Gasteiger partial charge in [0.05, 0.1) is 0 Å². The van der Waals surface area contributed by atoms with Gasteiger partial charge in [0.1, 0.15) is 10.8 Å². The van der Waals surface area contributed by atoms with E-state index in [2.05, 4.69) is 22.4 Å². The number of aromatic nitrogens is 2. The van der Waals surface area contributed by atoms with Crippen molar-refractivity contribution in [2.24, 2.45) is 0 Å². The van der Waals surface area contributed by atoms with Crippen LogP contribution in [0, 0.1) is 0 Å². The van der Waals surface area contributed by atoms with E-state index in [-0.39, 0.29) is 5.91 Å². The van der Waals surface area contributed by atoms with Gasteiger partial charge in [-0.3, -0.25) is 10.1 Å². The summed E-state index contributed by atoms with van der Waals surface area (Å²) in [5, 5.41) is 12.2. The molecule has 0 bridgehead atoms. The lowest BCUT2D eigenvalue weighted by molar-refractivity contribution is -0.122. The number of hydrogen-bond donors (Lipinski definition) is 1. The molecule has 1 aromatic heterocycles. The zero-order valence-corrected chi connectivity index (χ0v) is 15.6. The van der Waals surface area contributed by atoms with Crippen molar-refractivity contribution in [1.29, 1.82) is 0 Å². The molecular weight excluding hydrogens is 346 g/mol. The minimum Gasteiger partial charge on any atom is -0.481 e. The van der Waals surface area contributed by atoms with Crippen molar-refractivity contribution in [2.75, 3.05) is 5.32 Å². The van der Waals surface area contributed by atoms with Crippen molar-refractivity contribution in [2.45, 2.75) is 32.8 Å². The number of carbonyl (C=O) groups excluding carboxylic acids is 1. The molecule has 26 heavy (non-hydrogen) atoms. The molecule has 3 rings (SSSR count). The maximum Gasteiger partial charge on any atom is 0.267 e. The fourth-order valence-electron chi connectivity index (χ4n) is 2.45. The zero-order valence-electron chi connectivity index (χ0n) is 14.8. The van der Waals surface area contributed by atoms with Crippen LogP contribution in [-0.2, 0) is 11.2 Å². The second-order valence-electron chi connectivity index (χ2n) is 5.78. The second kappa shape index (κ2) is 8.58. The molecular formula is C20H21N3O2S. The number of ether oxygens (including phenoxy) is 1. The predicted octanol–water partition coefficient (Wildman–Crippen LogP) is 4.56. The normalized spacial score (nSPS) is 11.8. The highest BCUT2D eigenvalue weighted by atomic mass is 32.1. The predicted molar refractivity (Wildman–Crippen MR) is 105 cm³/mol. The standard InChI is InChI=1S/C20H21N3O2S/c1-3-14-10-12-16(13-11-14)25-17(4-2)18(24)21-20-23-22-19(26-20)15-8-6-5-7-9-15/h5-13,17H,3-4H2,1-2H3,(H,21,23,24). The van der Waals surface area contributed by atoms with Gasteiger partial charge >= 0.3 is 0 Å². The van der Waals surface area contributed by atoms with Gasteiger partial charge in [-0.25, -0.2) is 0 Å². The summed E-state index contributed by atoms with van der Waals surface area (Å²) in [4.78, 5) is 12.5. The first-order chi connectivity index (χ1) is 12.7. The molecule has 6 heteroatoms. The Morgan fingerprint density at radius 1 is 1.08 bits per heavy atom. The number of hydrogen-bond acceptors (Lipinski definition) is 5. The third-order valence-electron chi connectivity index (χ3n) is 3.95. The highest BCUT2D eigenvalue weighted by Crippen LogP contribution is 2.26. The molecule has 0 aliphatic carbocycles. The lowest BCUT2D eigenvalue weighted by atomic mass is 10.2. The zero-order chi connectivity index (χ0) is 18.4. The van der Waals surface area contributed by atoms with Crippen LogP contribution in [0.1, 0.15) is 25.8 Å². The highest BCUT2D eigenvalue weighted by molar-refractivity contribution is 7.18. The summed E-state index contributed by atoms with van der Waals surface area (Å²) in [6, 6.07) is 17.6. The molecule has 0 fully saturated rings. The van der Waals surface area contributed by atoms with Crippen LogP contribution in [-0.4, -0.2) is 22.2 Å². The quantitative estimate of drug-likeness (QED) is 0.665. The van der Waals surface area contributed by atoms with E-state index < -0.39 is 6.10 Å². The summed E-state index contributed by atoms with van der Waals surface area (Å²) in [6.45, 7) is 4.02. The van der Waals surface area contributed by atoms with E-state index in [1.165, 1.54) is 16.9 Å². The lowest BCUT2D eigenvalue weighted by Crippen LogP contribution is -2.32. The van der Waals surface area contributed by atoms with E-state index in [1.807, 2.05) is 61.5 Å². The molecule has 1 heterocycles. The van der Waals surface area contributed by atoms with Crippen LogP contribution in [0.3, 0.4) is 0 Å². The summed E-state index contributed by atoms with van der Waals surface area (Å²) >= 11 is 1.34. The Bertz CT molecular complexity index is 847. The summed E-state index contributed by atoms with van der Waals surface area (Å²) in [6.07, 6.45) is 0.955. The number of amides is 1. The second-order valence-corrected chi connectivity index (χ2v) is 6.76. The van der Waals surface area contributed by atoms with Crippen LogP contribution in [0.2, 0.25) is 0 Å². The molecule has 1 unspecified atom stereocenters. The summed E-state index contributed by atoms with van der Waals surface area (Å²) in [7, 11) is 0. The van der Waals surface area contributed by atoms with Crippen molar-refractivity contribution < 1.29 is 9.53 Å². The van der Waals surface area contributed by atoms with Crippen LogP contribution >= 0.6 is 11.3 Å². The van der Waals surface area contributed by atoms with E-state index in [0.717, 1.165) is 17.0 Å². The van der Waals surface area contributed by atoms with Gasteiger partial charge in [-0.15, -0.1) is 10.2 Å². The topological polar surface area (TPSA) is 64.1 Å². The Balaban J connectivity index is 1.64. The number of benzene rings is 2. The first kappa shape index (κ1) is 18.1. The Kier molecular flexibility index (Phi) is 5.96. The molecule has 134 valence electrons. The Hall–Kier alpha value is -2.73. The number of rotatable bonds is 7. The lowest BCUT2D eigenvalue weighted by Gasteiger charge is -2.16. The molecule has 5 nitrogen and oxygen atoms in total. The molecule has 3 aromatic rings. The molecule has 2 aromatic carbocycles.